The number of nitrogens with one attached hydrogen (secondary N) is 2. The second-order valence-electron chi connectivity index (χ2n) is 13.3. The number of hydrogen-bond acceptors (Lipinski definition) is 13. The van der Waals surface area contributed by atoms with Crippen LogP contribution < -0.4 is 20.0 Å². The number of H-pyrrole nitrogens is 1. The van der Waals surface area contributed by atoms with Gasteiger partial charge in [-0.3, -0.25) is 9.50 Å². The summed E-state index contributed by atoms with van der Waals surface area (Å²) >= 11 is 9.01. The van der Waals surface area contributed by atoms with E-state index in [-0.39, 0.29) is 46.8 Å². The van der Waals surface area contributed by atoms with Crippen LogP contribution in [-0.2, 0) is 26.4 Å². The molecule has 17 heteroatoms. The van der Waals surface area contributed by atoms with Crippen molar-refractivity contribution in [3.8, 4) is 11.5 Å². The van der Waals surface area contributed by atoms with Crippen molar-refractivity contribution in [3.63, 3.8) is 0 Å². The fourth-order valence-electron chi connectivity index (χ4n) is 6.76. The number of phenols is 1. The summed E-state index contributed by atoms with van der Waals surface area (Å²) in [6, 6.07) is 18.2. The Hall–Kier alpha value is -4.55. The number of esters is 1. The van der Waals surface area contributed by atoms with Gasteiger partial charge < -0.3 is 44.7 Å². The van der Waals surface area contributed by atoms with Gasteiger partial charge in [-0.15, -0.1) is 22.7 Å². The number of hydrogen-bond donors (Lipinski definition) is 5. The van der Waals surface area contributed by atoms with E-state index in [1.165, 1.54) is 41.9 Å². The molecule has 5 aromatic rings. The van der Waals surface area contributed by atoms with Crippen molar-refractivity contribution in [2.75, 3.05) is 38.3 Å². The molecule has 56 heavy (non-hydrogen) atoms. The van der Waals surface area contributed by atoms with Crippen LogP contribution in [0.2, 0.25) is 0 Å². The van der Waals surface area contributed by atoms with Crippen molar-refractivity contribution in [1.82, 2.24) is 15.2 Å². The van der Waals surface area contributed by atoms with Gasteiger partial charge in [0, 0.05) is 60.5 Å². The quantitative estimate of drug-likeness (QED) is 0.0604. The second kappa shape index (κ2) is 19.1. The smallest absolute Gasteiger partial charge is 0.429 e. The molecule has 3 heterocycles. The molecule has 1 amide bonds. The first-order valence-electron chi connectivity index (χ1n) is 17.7. The maximum Gasteiger partial charge on any atom is 0.429 e. The molecule has 2 aromatic carbocycles. The SMILES string of the molecule is COc1cc(N(Cl)C(=O)OCCN(C)C2CCC(OC(=O)C(O)(c3cccs3)c3cccs3)CC2)ccc1CNCC(O)c1ccc(O)c2[nH]c(=O)ccc12.F. The number of carbonyl (C=O) groups excluding carboxylic acids is 2. The van der Waals surface area contributed by atoms with Crippen LogP contribution in [0.15, 0.2) is 82.3 Å². The summed E-state index contributed by atoms with van der Waals surface area (Å²) in [5, 5.41) is 39.9. The van der Waals surface area contributed by atoms with Gasteiger partial charge in [0.15, 0.2) is 0 Å². The lowest BCUT2D eigenvalue weighted by atomic mass is 9.91. The largest absolute Gasteiger partial charge is 0.506 e. The Morgan fingerprint density at radius 1 is 1.04 bits per heavy atom. The van der Waals surface area contributed by atoms with Crippen molar-refractivity contribution in [2.45, 2.75) is 56.1 Å². The first kappa shape index (κ1) is 42.6. The topological polar surface area (TPSA) is 174 Å². The highest BCUT2D eigenvalue weighted by Crippen LogP contribution is 2.38. The maximum absolute atomic E-state index is 13.4. The number of anilines is 1. The van der Waals surface area contributed by atoms with Crippen molar-refractivity contribution in [2.24, 2.45) is 0 Å². The minimum Gasteiger partial charge on any atom is -0.506 e. The minimum absolute atomic E-state index is 0. The number of aliphatic hydroxyl groups excluding tert-OH is 1. The number of amides is 1. The molecule has 13 nitrogen and oxygen atoms in total. The number of aromatic amines is 1. The number of aliphatic hydroxyl groups is 2. The van der Waals surface area contributed by atoms with Gasteiger partial charge in [-0.25, -0.2) is 9.59 Å². The zero-order valence-corrected chi connectivity index (χ0v) is 33.1. The van der Waals surface area contributed by atoms with E-state index in [0.717, 1.165) is 22.8 Å². The Morgan fingerprint density at radius 3 is 2.38 bits per heavy atom. The van der Waals surface area contributed by atoms with E-state index in [1.807, 2.05) is 17.8 Å². The molecule has 3 aromatic heterocycles. The molecule has 0 aliphatic heterocycles. The van der Waals surface area contributed by atoms with Gasteiger partial charge in [0.2, 0.25) is 11.2 Å². The number of methoxy groups -OCH3 is 1. The van der Waals surface area contributed by atoms with E-state index < -0.39 is 23.8 Å². The average molecular weight is 831 g/mol. The summed E-state index contributed by atoms with van der Waals surface area (Å²) in [5.41, 5.74) is -0.284. The number of phenolic OH excluding ortho intramolecular Hbond substituents is 1. The van der Waals surface area contributed by atoms with Crippen LogP contribution >= 0.6 is 34.5 Å². The highest BCUT2D eigenvalue weighted by molar-refractivity contribution is 7.12. The number of nitrogens with zero attached hydrogens (tertiary/aromatic N) is 2. The number of aromatic hydroxyl groups is 1. The molecule has 300 valence electrons. The fourth-order valence-corrected chi connectivity index (χ4v) is 8.63. The number of fused-ring (bicyclic) bond motifs is 1. The highest BCUT2D eigenvalue weighted by atomic mass is 35.5. The lowest BCUT2D eigenvalue weighted by molar-refractivity contribution is -0.169. The Bertz CT molecular complexity index is 2090. The van der Waals surface area contributed by atoms with E-state index >= 15 is 0 Å². The van der Waals surface area contributed by atoms with Crippen LogP contribution in [0, 0.1) is 0 Å². The minimum atomic E-state index is -1.83. The molecular formula is C39H44ClFN4O9S2. The number of carbonyl (C=O) groups is 2. The number of likely N-dealkylation sites (N-methyl/N-ethyl adjacent to an activating group) is 1. The van der Waals surface area contributed by atoms with Crippen molar-refractivity contribution in [3.05, 3.63) is 109 Å². The third kappa shape index (κ3) is 9.52. The number of benzene rings is 2. The van der Waals surface area contributed by atoms with E-state index in [2.05, 4.69) is 15.2 Å². The maximum atomic E-state index is 13.4. The van der Waals surface area contributed by atoms with Gasteiger partial charge in [-0.1, -0.05) is 24.3 Å². The number of rotatable bonds is 15. The van der Waals surface area contributed by atoms with Crippen molar-refractivity contribution in [1.29, 1.82) is 0 Å². The summed E-state index contributed by atoms with van der Waals surface area (Å²) in [6.07, 6.45) is 0.853. The van der Waals surface area contributed by atoms with E-state index in [9.17, 15) is 29.7 Å². The number of thiophene rings is 2. The van der Waals surface area contributed by atoms with Crippen LogP contribution in [0.25, 0.3) is 10.9 Å². The molecule has 1 aliphatic carbocycles. The third-order valence-electron chi connectivity index (χ3n) is 9.84. The van der Waals surface area contributed by atoms with Crippen LogP contribution in [0.4, 0.5) is 15.2 Å². The highest BCUT2D eigenvalue weighted by Gasteiger charge is 2.45. The van der Waals surface area contributed by atoms with Crippen LogP contribution in [0.1, 0.15) is 52.7 Å². The molecule has 0 saturated heterocycles. The molecule has 5 N–H and O–H groups in total. The number of halogens is 2. The fraction of sp³-hybridized carbons (Fsp3) is 0.359. The normalized spacial score (nSPS) is 16.2. The summed E-state index contributed by atoms with van der Waals surface area (Å²) in [7, 11) is 3.46. The van der Waals surface area contributed by atoms with Gasteiger partial charge >= 0.3 is 12.1 Å². The predicted octanol–water partition coefficient (Wildman–Crippen LogP) is 6.16. The van der Waals surface area contributed by atoms with Crippen LogP contribution in [0.5, 0.6) is 11.5 Å². The van der Waals surface area contributed by atoms with Gasteiger partial charge in [0.25, 0.3) is 0 Å². The zero-order chi connectivity index (χ0) is 39.1. The Labute approximate surface area is 335 Å². The lowest BCUT2D eigenvalue weighted by Gasteiger charge is -2.35. The van der Waals surface area contributed by atoms with Gasteiger partial charge in [0.05, 0.1) is 34.2 Å². The lowest BCUT2D eigenvalue weighted by Crippen LogP contribution is -2.42. The molecule has 0 bridgehead atoms. The summed E-state index contributed by atoms with van der Waals surface area (Å²) in [6.45, 7) is 1.07. The molecule has 0 radical (unpaired) electrons. The predicted molar refractivity (Wildman–Crippen MR) is 214 cm³/mol. The summed E-state index contributed by atoms with van der Waals surface area (Å²) in [5.74, 6) is -0.278. The zero-order valence-electron chi connectivity index (χ0n) is 30.7. The van der Waals surface area contributed by atoms with Gasteiger partial charge in [0.1, 0.15) is 24.2 Å². The summed E-state index contributed by atoms with van der Waals surface area (Å²) in [4.78, 5) is 43.7. The van der Waals surface area contributed by atoms with Gasteiger partial charge in [-0.2, -0.15) is 4.42 Å². The molecule has 1 fully saturated rings. The van der Waals surface area contributed by atoms with E-state index in [0.29, 0.717) is 58.1 Å². The average Bonchev–Trinajstić information content (AvgIpc) is 3.95. The Morgan fingerprint density at radius 2 is 1.73 bits per heavy atom. The third-order valence-corrected chi connectivity index (χ3v) is 12.1. The van der Waals surface area contributed by atoms with Crippen molar-refractivity contribution < 1.29 is 43.8 Å². The van der Waals surface area contributed by atoms with Crippen molar-refractivity contribution >= 4 is 63.1 Å². The number of ether oxygens (including phenoxy) is 3. The molecule has 0 spiro atoms. The van der Waals surface area contributed by atoms with E-state index in [1.54, 1.807) is 54.6 Å². The first-order chi connectivity index (χ1) is 26.5. The summed E-state index contributed by atoms with van der Waals surface area (Å²) < 4.78 is 17.8. The molecular weight excluding hydrogens is 787 g/mol. The Kier molecular flexibility index (Phi) is 14.5. The first-order valence-corrected chi connectivity index (χ1v) is 19.8. The monoisotopic (exact) mass is 830 g/mol. The van der Waals surface area contributed by atoms with Gasteiger partial charge in [-0.05, 0) is 79.4 Å². The molecule has 6 rings (SSSR count). The number of aromatic nitrogens is 1. The molecule has 1 aliphatic rings. The molecule has 1 unspecified atom stereocenters. The molecule has 1 atom stereocenters. The second-order valence-corrected chi connectivity index (χ2v) is 15.5. The van der Waals surface area contributed by atoms with Crippen LogP contribution in [0.3, 0.4) is 0 Å². The molecule has 1 saturated carbocycles. The number of pyridine rings is 1. The standard InChI is InChI=1S/C39H43ClN4O9S2.FH/c1-43(25-9-11-27(12-10-25)53-37(48)39(50,33-5-3-19-54-33)34-6-4-20-55-34)17-18-52-38(49)44(40)26-8-7-24(32(21-26)51-2)22-41-23-31(46)28-13-15-30(45)36-29(28)14-16-35(47)42-36;/h3-8,13-16,19-21,25,27,31,41,45-46,50H,9-12,17-18,22-23H2,1-2H3,(H,42,47);1H. The van der Waals surface area contributed by atoms with Crippen LogP contribution in [-0.4, -0.2) is 83.3 Å². The Balaban J connectivity index is 0.00000600. The van der Waals surface area contributed by atoms with E-state index in [4.69, 9.17) is 26.0 Å².